The number of pyridine rings is 1. The van der Waals surface area contributed by atoms with Crippen LogP contribution in [0.2, 0.25) is 0 Å². The molecule has 0 spiro atoms. The Balaban J connectivity index is 2.03. The first-order chi connectivity index (χ1) is 10.1. The molecule has 0 unspecified atom stereocenters. The summed E-state index contributed by atoms with van der Waals surface area (Å²) >= 11 is 0. The number of Topliss-reactive ketones (excluding diaryl/α,β-unsaturated/α-hetero) is 1. The molecular formula is C16H11N3O2. The summed E-state index contributed by atoms with van der Waals surface area (Å²) in [6.07, 6.45) is 1.52. The van der Waals surface area contributed by atoms with Crippen LogP contribution in [-0.2, 0) is 11.3 Å². The number of aryl methyl sites for hydroxylation is 1. The molecule has 1 aliphatic rings. The highest BCUT2D eigenvalue weighted by Crippen LogP contribution is 2.31. The second-order valence-electron chi connectivity index (χ2n) is 4.86. The number of rotatable bonds is 2. The van der Waals surface area contributed by atoms with Crippen molar-refractivity contribution in [2.45, 2.75) is 13.5 Å². The van der Waals surface area contributed by atoms with Crippen LogP contribution in [-0.4, -0.2) is 16.7 Å². The Morgan fingerprint density at radius 3 is 2.86 bits per heavy atom. The van der Waals surface area contributed by atoms with Crippen molar-refractivity contribution in [3.63, 3.8) is 0 Å². The van der Waals surface area contributed by atoms with Gasteiger partial charge in [-0.3, -0.25) is 9.59 Å². The molecular weight excluding hydrogens is 266 g/mol. The standard InChI is InChI=1S/C16H11N3O2/c1-10-4-5-14-12(7-10)15(20)16(21)19(14)9-11-3-2-6-18-13(11)8-17/h2-7H,9H2,1H3. The summed E-state index contributed by atoms with van der Waals surface area (Å²) in [5, 5.41) is 9.06. The van der Waals surface area contributed by atoms with E-state index in [-0.39, 0.29) is 12.2 Å². The number of nitrogens with zero attached hydrogens (tertiary/aromatic N) is 3. The highest BCUT2D eigenvalue weighted by atomic mass is 16.2. The van der Waals surface area contributed by atoms with Crippen molar-refractivity contribution in [2.75, 3.05) is 4.90 Å². The van der Waals surface area contributed by atoms with Gasteiger partial charge < -0.3 is 4.90 Å². The summed E-state index contributed by atoms with van der Waals surface area (Å²) in [6.45, 7) is 2.03. The molecule has 1 aromatic heterocycles. The number of amides is 1. The highest BCUT2D eigenvalue weighted by Gasteiger charge is 2.36. The van der Waals surface area contributed by atoms with Gasteiger partial charge in [-0.1, -0.05) is 17.7 Å². The van der Waals surface area contributed by atoms with E-state index in [0.717, 1.165) is 5.56 Å². The lowest BCUT2D eigenvalue weighted by Crippen LogP contribution is -2.29. The molecule has 21 heavy (non-hydrogen) atoms. The van der Waals surface area contributed by atoms with Gasteiger partial charge in [-0.2, -0.15) is 5.26 Å². The highest BCUT2D eigenvalue weighted by molar-refractivity contribution is 6.52. The van der Waals surface area contributed by atoms with Crippen molar-refractivity contribution < 1.29 is 9.59 Å². The topological polar surface area (TPSA) is 74.1 Å². The van der Waals surface area contributed by atoms with E-state index in [1.54, 1.807) is 24.3 Å². The van der Waals surface area contributed by atoms with Crippen LogP contribution < -0.4 is 4.90 Å². The molecule has 0 atom stereocenters. The van der Waals surface area contributed by atoms with E-state index in [9.17, 15) is 9.59 Å². The largest absolute Gasteiger partial charge is 0.300 e. The van der Waals surface area contributed by atoms with E-state index < -0.39 is 11.7 Å². The molecule has 5 nitrogen and oxygen atoms in total. The van der Waals surface area contributed by atoms with Crippen LogP contribution in [0.3, 0.4) is 0 Å². The van der Waals surface area contributed by atoms with Crippen LogP contribution in [0, 0.1) is 18.3 Å². The maximum atomic E-state index is 12.2. The Bertz CT molecular complexity index is 805. The van der Waals surface area contributed by atoms with Gasteiger partial charge in [0.15, 0.2) is 0 Å². The van der Waals surface area contributed by atoms with E-state index in [1.807, 2.05) is 19.1 Å². The molecule has 0 fully saturated rings. The third-order valence-electron chi connectivity index (χ3n) is 3.45. The summed E-state index contributed by atoms with van der Waals surface area (Å²) in [5.74, 6) is -1.07. The molecule has 0 bridgehead atoms. The monoisotopic (exact) mass is 277 g/mol. The zero-order chi connectivity index (χ0) is 15.0. The molecule has 5 heteroatoms. The van der Waals surface area contributed by atoms with Gasteiger partial charge in [-0.05, 0) is 25.1 Å². The predicted octanol–water partition coefficient (Wildman–Crippen LogP) is 1.99. The molecule has 0 aliphatic carbocycles. The number of hydrogen-bond donors (Lipinski definition) is 0. The number of carbonyl (C=O) groups excluding carboxylic acids is 2. The Kier molecular flexibility index (Phi) is 2.99. The van der Waals surface area contributed by atoms with E-state index in [0.29, 0.717) is 16.8 Å². The van der Waals surface area contributed by atoms with Crippen LogP contribution in [0.1, 0.15) is 27.2 Å². The number of anilines is 1. The van der Waals surface area contributed by atoms with Gasteiger partial charge in [0.05, 0.1) is 17.8 Å². The fraction of sp³-hybridized carbons (Fsp3) is 0.125. The number of nitriles is 1. The summed E-state index contributed by atoms with van der Waals surface area (Å²) in [7, 11) is 0. The minimum Gasteiger partial charge on any atom is -0.300 e. The molecule has 0 N–H and O–H groups in total. The van der Waals surface area contributed by atoms with Gasteiger partial charge in [0.1, 0.15) is 11.8 Å². The fourth-order valence-corrected chi connectivity index (χ4v) is 2.41. The molecule has 2 heterocycles. The zero-order valence-electron chi connectivity index (χ0n) is 11.3. The summed E-state index contributed by atoms with van der Waals surface area (Å²) in [5.41, 5.74) is 2.81. The first-order valence-corrected chi connectivity index (χ1v) is 6.42. The van der Waals surface area contributed by atoms with Crippen molar-refractivity contribution in [2.24, 2.45) is 0 Å². The third-order valence-corrected chi connectivity index (χ3v) is 3.45. The van der Waals surface area contributed by atoms with Crippen LogP contribution >= 0.6 is 0 Å². The first-order valence-electron chi connectivity index (χ1n) is 6.42. The molecule has 3 rings (SSSR count). The summed E-state index contributed by atoms with van der Waals surface area (Å²) in [6, 6.07) is 10.8. The van der Waals surface area contributed by atoms with E-state index >= 15 is 0 Å². The minimum atomic E-state index is -0.566. The lowest BCUT2D eigenvalue weighted by molar-refractivity contribution is -0.114. The summed E-state index contributed by atoms with van der Waals surface area (Å²) < 4.78 is 0. The lowest BCUT2D eigenvalue weighted by atomic mass is 10.1. The molecule has 2 aromatic rings. The van der Waals surface area contributed by atoms with Gasteiger partial charge in [0, 0.05) is 11.8 Å². The van der Waals surface area contributed by atoms with E-state index in [1.165, 1.54) is 11.1 Å². The molecule has 1 aromatic carbocycles. The van der Waals surface area contributed by atoms with Crippen molar-refractivity contribution in [3.05, 3.63) is 58.9 Å². The average Bonchev–Trinajstić information content (AvgIpc) is 2.73. The van der Waals surface area contributed by atoms with Crippen molar-refractivity contribution in [3.8, 4) is 6.07 Å². The fourth-order valence-electron chi connectivity index (χ4n) is 2.41. The zero-order valence-corrected chi connectivity index (χ0v) is 11.3. The average molecular weight is 277 g/mol. The molecule has 0 saturated heterocycles. The van der Waals surface area contributed by atoms with Gasteiger partial charge in [-0.15, -0.1) is 0 Å². The number of carbonyl (C=O) groups is 2. The maximum absolute atomic E-state index is 12.2. The molecule has 0 saturated carbocycles. The van der Waals surface area contributed by atoms with Crippen LogP contribution in [0.5, 0.6) is 0 Å². The Morgan fingerprint density at radius 1 is 1.29 bits per heavy atom. The normalized spacial score (nSPS) is 13.2. The second-order valence-corrected chi connectivity index (χ2v) is 4.86. The quantitative estimate of drug-likeness (QED) is 0.787. The third kappa shape index (κ3) is 2.07. The second kappa shape index (κ2) is 4.84. The van der Waals surface area contributed by atoms with Gasteiger partial charge >= 0.3 is 0 Å². The Hall–Kier alpha value is -3.00. The summed E-state index contributed by atoms with van der Waals surface area (Å²) in [4.78, 5) is 29.5. The smallest absolute Gasteiger partial charge is 0.299 e. The molecule has 1 amide bonds. The van der Waals surface area contributed by atoms with Gasteiger partial charge in [0.25, 0.3) is 11.7 Å². The van der Waals surface area contributed by atoms with Gasteiger partial charge in [0.2, 0.25) is 0 Å². The van der Waals surface area contributed by atoms with Crippen molar-refractivity contribution >= 4 is 17.4 Å². The Morgan fingerprint density at radius 2 is 2.10 bits per heavy atom. The number of benzene rings is 1. The van der Waals surface area contributed by atoms with Crippen LogP contribution in [0.25, 0.3) is 0 Å². The van der Waals surface area contributed by atoms with E-state index in [4.69, 9.17) is 5.26 Å². The molecule has 1 aliphatic heterocycles. The number of hydrogen-bond acceptors (Lipinski definition) is 4. The van der Waals surface area contributed by atoms with Crippen LogP contribution in [0.4, 0.5) is 5.69 Å². The van der Waals surface area contributed by atoms with Crippen molar-refractivity contribution in [1.82, 2.24) is 4.98 Å². The van der Waals surface area contributed by atoms with Crippen molar-refractivity contribution in [1.29, 1.82) is 5.26 Å². The number of fused-ring (bicyclic) bond motifs is 1. The van der Waals surface area contributed by atoms with E-state index in [2.05, 4.69) is 4.98 Å². The first kappa shape index (κ1) is 13.0. The maximum Gasteiger partial charge on any atom is 0.299 e. The molecule has 0 radical (unpaired) electrons. The number of aromatic nitrogens is 1. The lowest BCUT2D eigenvalue weighted by Gasteiger charge is -2.17. The minimum absolute atomic E-state index is 0.164. The van der Waals surface area contributed by atoms with Gasteiger partial charge in [-0.25, -0.2) is 4.98 Å². The molecule has 102 valence electrons. The SMILES string of the molecule is Cc1ccc2c(c1)C(=O)C(=O)N2Cc1cccnc1C#N. The van der Waals surface area contributed by atoms with Crippen LogP contribution in [0.15, 0.2) is 36.5 Å². The number of ketones is 1. The Labute approximate surface area is 121 Å². The predicted molar refractivity (Wildman–Crippen MR) is 75.7 cm³/mol.